The van der Waals surface area contributed by atoms with Gasteiger partial charge in [0.15, 0.2) is 0 Å². The van der Waals surface area contributed by atoms with Crippen molar-refractivity contribution in [3.05, 3.63) is 34.2 Å². The third kappa shape index (κ3) is 3.45. The van der Waals surface area contributed by atoms with Gasteiger partial charge in [-0.15, -0.1) is 11.3 Å². The molecule has 4 nitrogen and oxygen atoms in total. The number of amides is 1. The van der Waals surface area contributed by atoms with Crippen molar-refractivity contribution in [1.82, 2.24) is 10.2 Å². The summed E-state index contributed by atoms with van der Waals surface area (Å²) in [6.45, 7) is 8.29. The summed E-state index contributed by atoms with van der Waals surface area (Å²) in [5, 5.41) is 4.59. The van der Waals surface area contributed by atoms with E-state index in [2.05, 4.69) is 24.1 Å². The number of thiophene rings is 1. The molecule has 0 radical (unpaired) electrons. The Balaban J connectivity index is 1.72. The van der Waals surface area contributed by atoms with Gasteiger partial charge in [-0.3, -0.25) is 9.69 Å². The predicted molar refractivity (Wildman–Crippen MR) is 100 cm³/mol. The second-order valence-corrected chi connectivity index (χ2v) is 7.80. The van der Waals surface area contributed by atoms with Crippen molar-refractivity contribution in [3.63, 3.8) is 0 Å². The number of nitrogens with one attached hydrogen (secondary N) is 1. The molecule has 3 rings (SSSR count). The molecule has 1 N–H and O–H groups in total. The van der Waals surface area contributed by atoms with Crippen LogP contribution in [-0.2, 0) is 4.74 Å². The topological polar surface area (TPSA) is 41.6 Å². The Morgan fingerprint density at radius 1 is 1.38 bits per heavy atom. The third-order valence-electron chi connectivity index (χ3n) is 4.91. The number of carbonyl (C=O) groups is 1. The number of ether oxygens (including phenoxy) is 1. The lowest BCUT2D eigenvalue weighted by Gasteiger charge is -2.43. The van der Waals surface area contributed by atoms with E-state index >= 15 is 0 Å². The highest BCUT2D eigenvalue weighted by atomic mass is 35.5. The first-order valence-electron chi connectivity index (χ1n) is 8.33. The molecule has 1 unspecified atom stereocenters. The first kappa shape index (κ1) is 17.7. The fourth-order valence-corrected chi connectivity index (χ4v) is 4.51. The average molecular weight is 367 g/mol. The van der Waals surface area contributed by atoms with Gasteiger partial charge < -0.3 is 10.1 Å². The van der Waals surface area contributed by atoms with Crippen LogP contribution < -0.4 is 5.32 Å². The van der Waals surface area contributed by atoms with Crippen LogP contribution in [0.5, 0.6) is 0 Å². The van der Waals surface area contributed by atoms with Gasteiger partial charge >= 0.3 is 0 Å². The molecule has 1 aromatic heterocycles. The summed E-state index contributed by atoms with van der Waals surface area (Å²) in [6.07, 6.45) is 0.966. The van der Waals surface area contributed by atoms with Crippen LogP contribution in [0.15, 0.2) is 24.3 Å². The lowest BCUT2D eigenvalue weighted by Crippen LogP contribution is -2.56. The molecule has 0 aliphatic carbocycles. The van der Waals surface area contributed by atoms with Crippen LogP contribution in [-0.4, -0.2) is 49.2 Å². The summed E-state index contributed by atoms with van der Waals surface area (Å²) >= 11 is 7.86. The van der Waals surface area contributed by atoms with Crippen LogP contribution in [0.2, 0.25) is 5.02 Å². The van der Waals surface area contributed by atoms with Crippen molar-refractivity contribution >= 4 is 38.9 Å². The number of hydrogen-bond donors (Lipinski definition) is 1. The molecular formula is C18H23ClN2O2S. The Hall–Kier alpha value is -1.14. The Labute approximate surface area is 151 Å². The number of hydrogen-bond acceptors (Lipinski definition) is 4. The smallest absolute Gasteiger partial charge is 0.262 e. The van der Waals surface area contributed by atoms with E-state index in [0.717, 1.165) is 42.8 Å². The highest BCUT2D eigenvalue weighted by Crippen LogP contribution is 2.35. The molecule has 1 fully saturated rings. The molecule has 1 amide bonds. The minimum atomic E-state index is -0.0888. The molecule has 1 atom stereocenters. The molecule has 1 aliphatic heterocycles. The van der Waals surface area contributed by atoms with Crippen molar-refractivity contribution in [3.8, 4) is 0 Å². The van der Waals surface area contributed by atoms with Gasteiger partial charge in [-0.05, 0) is 19.4 Å². The van der Waals surface area contributed by atoms with E-state index in [9.17, 15) is 4.79 Å². The number of fused-ring (bicyclic) bond motifs is 1. The zero-order chi connectivity index (χ0) is 17.2. The molecule has 2 heterocycles. The third-order valence-corrected chi connectivity index (χ3v) is 6.58. The highest BCUT2D eigenvalue weighted by Gasteiger charge is 2.32. The minimum Gasteiger partial charge on any atom is -0.379 e. The molecule has 24 heavy (non-hydrogen) atoms. The van der Waals surface area contributed by atoms with Gasteiger partial charge in [0.1, 0.15) is 4.88 Å². The Bertz CT molecular complexity index is 727. The highest BCUT2D eigenvalue weighted by molar-refractivity contribution is 7.21. The Kier molecular flexibility index (Phi) is 5.45. The van der Waals surface area contributed by atoms with Crippen LogP contribution >= 0.6 is 22.9 Å². The maximum absolute atomic E-state index is 12.7. The Morgan fingerprint density at radius 2 is 2.08 bits per heavy atom. The first-order chi connectivity index (χ1) is 11.5. The van der Waals surface area contributed by atoms with Crippen molar-refractivity contribution in [2.75, 3.05) is 32.8 Å². The number of nitrogens with zero attached hydrogens (tertiary/aromatic N) is 1. The molecule has 1 aliphatic rings. The summed E-state index contributed by atoms with van der Waals surface area (Å²) in [7, 11) is 0. The quantitative estimate of drug-likeness (QED) is 0.875. The maximum atomic E-state index is 12.7. The summed E-state index contributed by atoms with van der Waals surface area (Å²) < 4.78 is 6.48. The lowest BCUT2D eigenvalue weighted by atomic mass is 9.95. The van der Waals surface area contributed by atoms with Crippen molar-refractivity contribution in [1.29, 1.82) is 0 Å². The van der Waals surface area contributed by atoms with Crippen molar-refractivity contribution in [2.24, 2.45) is 0 Å². The largest absolute Gasteiger partial charge is 0.379 e. The summed E-state index contributed by atoms with van der Waals surface area (Å²) in [5.41, 5.74) is -0.0669. The fourth-order valence-electron chi connectivity index (χ4n) is 3.07. The standard InChI is InChI=1S/C18H23ClN2O2S/c1-3-18(2,21-8-10-23-11-9-21)12-20-17(22)16-15(19)13-6-4-5-7-14(13)24-16/h4-7H,3,8-12H2,1-2H3,(H,20,22). The number of rotatable bonds is 5. The van der Waals surface area contributed by atoms with Gasteiger partial charge in [0.2, 0.25) is 0 Å². The van der Waals surface area contributed by atoms with Gasteiger partial charge in [-0.25, -0.2) is 0 Å². The first-order valence-corrected chi connectivity index (χ1v) is 9.52. The van der Waals surface area contributed by atoms with Crippen LogP contribution in [0.25, 0.3) is 10.1 Å². The van der Waals surface area contributed by atoms with E-state index in [1.165, 1.54) is 11.3 Å². The van der Waals surface area contributed by atoms with Crippen molar-refractivity contribution < 1.29 is 9.53 Å². The average Bonchev–Trinajstić information content (AvgIpc) is 2.97. The molecule has 1 saturated heterocycles. The van der Waals surface area contributed by atoms with Gasteiger partial charge in [-0.2, -0.15) is 0 Å². The minimum absolute atomic E-state index is 0.0669. The zero-order valence-corrected chi connectivity index (χ0v) is 15.7. The Morgan fingerprint density at radius 3 is 2.75 bits per heavy atom. The molecular weight excluding hydrogens is 344 g/mol. The van der Waals surface area contributed by atoms with Gasteiger partial charge in [0.25, 0.3) is 5.91 Å². The van der Waals surface area contributed by atoms with Crippen LogP contribution in [0, 0.1) is 0 Å². The maximum Gasteiger partial charge on any atom is 0.262 e. The van der Waals surface area contributed by atoms with E-state index in [1.54, 1.807) is 0 Å². The summed E-state index contributed by atoms with van der Waals surface area (Å²) in [6, 6.07) is 7.85. The molecule has 2 aromatic rings. The number of halogens is 1. The molecule has 6 heteroatoms. The SMILES string of the molecule is CCC(C)(CNC(=O)c1sc2ccccc2c1Cl)N1CCOCC1. The number of benzene rings is 1. The predicted octanol–water partition coefficient (Wildman–Crippen LogP) is 3.79. The molecule has 0 spiro atoms. The zero-order valence-electron chi connectivity index (χ0n) is 14.1. The van der Waals surface area contributed by atoms with Crippen molar-refractivity contribution in [2.45, 2.75) is 25.8 Å². The fraction of sp³-hybridized carbons (Fsp3) is 0.500. The second-order valence-electron chi connectivity index (χ2n) is 6.37. The molecule has 0 bridgehead atoms. The van der Waals surface area contributed by atoms with E-state index in [-0.39, 0.29) is 11.4 Å². The normalized spacial score (nSPS) is 18.5. The summed E-state index contributed by atoms with van der Waals surface area (Å²) in [5.74, 6) is -0.0888. The van der Waals surface area contributed by atoms with Crippen LogP contribution in [0.3, 0.4) is 0 Å². The van der Waals surface area contributed by atoms with Gasteiger partial charge in [0.05, 0.1) is 18.2 Å². The van der Waals surface area contributed by atoms with E-state index in [4.69, 9.17) is 16.3 Å². The second kappa shape index (κ2) is 7.40. The van der Waals surface area contributed by atoms with E-state index in [1.807, 2.05) is 24.3 Å². The summed E-state index contributed by atoms with van der Waals surface area (Å²) in [4.78, 5) is 15.7. The van der Waals surface area contributed by atoms with Gasteiger partial charge in [0, 0.05) is 35.3 Å². The number of carbonyl (C=O) groups excluding carboxylic acids is 1. The van der Waals surface area contributed by atoms with Crippen LogP contribution in [0.1, 0.15) is 29.9 Å². The van der Waals surface area contributed by atoms with Gasteiger partial charge in [-0.1, -0.05) is 36.7 Å². The van der Waals surface area contributed by atoms with E-state index in [0.29, 0.717) is 16.4 Å². The molecule has 0 saturated carbocycles. The number of morpholine rings is 1. The van der Waals surface area contributed by atoms with E-state index < -0.39 is 0 Å². The monoisotopic (exact) mass is 366 g/mol. The lowest BCUT2D eigenvalue weighted by molar-refractivity contribution is -0.0169. The molecule has 1 aromatic carbocycles. The van der Waals surface area contributed by atoms with Crippen LogP contribution in [0.4, 0.5) is 0 Å². The molecule has 130 valence electrons.